The lowest BCUT2D eigenvalue weighted by Crippen LogP contribution is -2.21. The fourth-order valence-electron chi connectivity index (χ4n) is 1.60. The molecule has 3 nitrogen and oxygen atoms in total. The number of imidazole rings is 1. The smallest absolute Gasteiger partial charge is 0.107 e. The molecule has 92 valence electrons. The molecule has 1 unspecified atom stereocenters. The van der Waals surface area contributed by atoms with Gasteiger partial charge in [-0.2, -0.15) is 0 Å². The number of H-pyrrole nitrogens is 1. The minimum atomic E-state index is 0.196. The Labute approximate surface area is 114 Å². The van der Waals surface area contributed by atoms with Crippen LogP contribution in [0.1, 0.15) is 24.4 Å². The van der Waals surface area contributed by atoms with Gasteiger partial charge in [-0.05, 0) is 18.6 Å². The van der Waals surface area contributed by atoms with Crippen molar-refractivity contribution in [3.05, 3.63) is 38.5 Å². The molecule has 2 aromatic rings. The molecule has 6 heteroatoms. The maximum absolute atomic E-state index is 6.09. The molecule has 0 fully saturated rings. The maximum atomic E-state index is 6.09. The number of rotatable bonds is 5. The van der Waals surface area contributed by atoms with Crippen molar-refractivity contribution in [2.45, 2.75) is 19.4 Å². The quantitative estimate of drug-likeness (QED) is 0.882. The summed E-state index contributed by atoms with van der Waals surface area (Å²) in [7, 11) is 0. The molecular weight excluding hydrogens is 277 g/mol. The van der Waals surface area contributed by atoms with Gasteiger partial charge in [0.1, 0.15) is 5.82 Å². The molecular formula is C11H13Cl2N3S. The highest BCUT2D eigenvalue weighted by atomic mass is 35.5. The molecule has 1 atom stereocenters. The molecule has 17 heavy (non-hydrogen) atoms. The van der Waals surface area contributed by atoms with Gasteiger partial charge in [0.15, 0.2) is 0 Å². The third kappa shape index (κ3) is 3.45. The first-order valence-corrected chi connectivity index (χ1v) is 6.90. The molecule has 2 aromatic heterocycles. The Balaban J connectivity index is 1.85. The molecule has 0 aromatic carbocycles. The Morgan fingerprint density at radius 2 is 2.35 bits per heavy atom. The van der Waals surface area contributed by atoms with Crippen molar-refractivity contribution in [3.63, 3.8) is 0 Å². The molecule has 2 rings (SSSR count). The molecule has 0 bridgehead atoms. The van der Waals surface area contributed by atoms with Gasteiger partial charge in [0, 0.05) is 31.4 Å². The Hall–Kier alpha value is -0.550. The summed E-state index contributed by atoms with van der Waals surface area (Å²) in [5.41, 5.74) is 1.06. The van der Waals surface area contributed by atoms with Gasteiger partial charge >= 0.3 is 0 Å². The van der Waals surface area contributed by atoms with Gasteiger partial charge in [0.25, 0.3) is 0 Å². The van der Waals surface area contributed by atoms with Crippen molar-refractivity contribution in [2.24, 2.45) is 0 Å². The van der Waals surface area contributed by atoms with Gasteiger partial charge < -0.3 is 10.3 Å². The summed E-state index contributed by atoms with van der Waals surface area (Å²) in [6, 6.07) is 2.11. The van der Waals surface area contributed by atoms with Gasteiger partial charge in [-0.1, -0.05) is 23.2 Å². The Morgan fingerprint density at radius 1 is 1.53 bits per heavy atom. The van der Waals surface area contributed by atoms with E-state index in [-0.39, 0.29) is 6.04 Å². The molecule has 0 saturated heterocycles. The van der Waals surface area contributed by atoms with Crippen LogP contribution in [-0.2, 0) is 6.42 Å². The van der Waals surface area contributed by atoms with Crippen LogP contribution in [0.2, 0.25) is 8.67 Å². The Morgan fingerprint density at radius 3 is 2.94 bits per heavy atom. The molecule has 0 aliphatic carbocycles. The highest BCUT2D eigenvalue weighted by molar-refractivity contribution is 7.20. The fourth-order valence-corrected chi connectivity index (χ4v) is 3.25. The topological polar surface area (TPSA) is 40.7 Å². The lowest BCUT2D eigenvalue weighted by Gasteiger charge is -2.12. The van der Waals surface area contributed by atoms with E-state index in [1.807, 2.05) is 12.3 Å². The number of aromatic nitrogens is 2. The minimum absolute atomic E-state index is 0.196. The largest absolute Gasteiger partial charge is 0.349 e. The highest BCUT2D eigenvalue weighted by Gasteiger charge is 2.12. The number of hydrogen-bond donors (Lipinski definition) is 2. The number of nitrogens with zero attached hydrogens (tertiary/aromatic N) is 1. The third-order valence-corrected chi connectivity index (χ3v) is 4.03. The monoisotopic (exact) mass is 289 g/mol. The van der Waals surface area contributed by atoms with Crippen LogP contribution in [0, 0.1) is 0 Å². The van der Waals surface area contributed by atoms with E-state index in [0.717, 1.165) is 33.0 Å². The Bertz CT molecular complexity index is 467. The standard InChI is InChI=1S/C11H13Cl2N3S/c1-7(8-6-9(12)17-11(8)13)14-3-2-10-15-4-5-16-10/h4-7,14H,2-3H2,1H3,(H,15,16). The second-order valence-corrected chi connectivity index (χ2v) is 6.03. The van der Waals surface area contributed by atoms with E-state index in [1.165, 1.54) is 11.3 Å². The Kier molecular flexibility index (Phi) is 4.45. The van der Waals surface area contributed by atoms with Crippen molar-refractivity contribution >= 4 is 34.5 Å². The van der Waals surface area contributed by atoms with Crippen LogP contribution < -0.4 is 5.32 Å². The van der Waals surface area contributed by atoms with Crippen LogP contribution in [0.3, 0.4) is 0 Å². The lowest BCUT2D eigenvalue weighted by molar-refractivity contribution is 0.573. The molecule has 2 heterocycles. The molecule has 0 aliphatic rings. The fraction of sp³-hybridized carbons (Fsp3) is 0.364. The summed E-state index contributed by atoms with van der Waals surface area (Å²) in [4.78, 5) is 7.24. The lowest BCUT2D eigenvalue weighted by atomic mass is 10.2. The van der Waals surface area contributed by atoms with Crippen LogP contribution >= 0.6 is 34.5 Å². The van der Waals surface area contributed by atoms with Crippen LogP contribution in [-0.4, -0.2) is 16.5 Å². The van der Waals surface area contributed by atoms with Gasteiger partial charge in [-0.25, -0.2) is 4.98 Å². The first-order valence-electron chi connectivity index (χ1n) is 5.33. The molecule has 2 N–H and O–H groups in total. The first kappa shape index (κ1) is 12.9. The zero-order valence-corrected chi connectivity index (χ0v) is 11.7. The van der Waals surface area contributed by atoms with Crippen molar-refractivity contribution in [2.75, 3.05) is 6.54 Å². The molecule has 0 amide bonds. The summed E-state index contributed by atoms with van der Waals surface area (Å²) in [5.74, 6) is 0.985. The average Bonchev–Trinajstić information content (AvgIpc) is 2.88. The molecule has 0 radical (unpaired) electrons. The maximum Gasteiger partial charge on any atom is 0.107 e. The van der Waals surface area contributed by atoms with E-state index in [4.69, 9.17) is 23.2 Å². The van der Waals surface area contributed by atoms with Crippen molar-refractivity contribution in [3.8, 4) is 0 Å². The molecule has 0 aliphatic heterocycles. The number of halogens is 2. The summed E-state index contributed by atoms with van der Waals surface area (Å²) in [5, 5.41) is 3.39. The average molecular weight is 290 g/mol. The van der Waals surface area contributed by atoms with Crippen LogP contribution in [0.5, 0.6) is 0 Å². The predicted molar refractivity (Wildman–Crippen MR) is 73.0 cm³/mol. The number of hydrogen-bond acceptors (Lipinski definition) is 3. The van der Waals surface area contributed by atoms with Gasteiger partial charge in [-0.15, -0.1) is 11.3 Å². The number of thiophene rings is 1. The summed E-state index contributed by atoms with van der Waals surface area (Å²) in [6.45, 7) is 2.92. The zero-order valence-electron chi connectivity index (χ0n) is 9.34. The van der Waals surface area contributed by atoms with Gasteiger partial charge in [0.2, 0.25) is 0 Å². The van der Waals surface area contributed by atoms with E-state index < -0.39 is 0 Å². The minimum Gasteiger partial charge on any atom is -0.349 e. The van der Waals surface area contributed by atoms with Crippen molar-refractivity contribution in [1.29, 1.82) is 0 Å². The van der Waals surface area contributed by atoms with Gasteiger partial charge in [0.05, 0.1) is 8.67 Å². The normalized spacial score (nSPS) is 12.9. The molecule has 0 saturated carbocycles. The van der Waals surface area contributed by atoms with E-state index >= 15 is 0 Å². The predicted octanol–water partition coefficient (Wildman–Crippen LogP) is 3.67. The van der Waals surface area contributed by atoms with E-state index in [2.05, 4.69) is 22.2 Å². The van der Waals surface area contributed by atoms with Crippen molar-refractivity contribution < 1.29 is 0 Å². The SMILES string of the molecule is CC(NCCc1ncc[nH]1)c1cc(Cl)sc1Cl. The van der Waals surface area contributed by atoms with Crippen molar-refractivity contribution in [1.82, 2.24) is 15.3 Å². The summed E-state index contributed by atoms with van der Waals surface area (Å²) >= 11 is 13.4. The van der Waals surface area contributed by atoms with Gasteiger partial charge in [-0.3, -0.25) is 0 Å². The van der Waals surface area contributed by atoms with E-state index in [1.54, 1.807) is 6.20 Å². The summed E-state index contributed by atoms with van der Waals surface area (Å²) in [6.07, 6.45) is 4.45. The van der Waals surface area contributed by atoms with Crippen LogP contribution in [0.25, 0.3) is 0 Å². The zero-order chi connectivity index (χ0) is 12.3. The second kappa shape index (κ2) is 5.87. The van der Waals surface area contributed by atoms with Crippen LogP contribution in [0.4, 0.5) is 0 Å². The van der Waals surface area contributed by atoms with Crippen LogP contribution in [0.15, 0.2) is 18.5 Å². The third-order valence-electron chi connectivity index (χ3n) is 2.52. The van der Waals surface area contributed by atoms with E-state index in [9.17, 15) is 0 Å². The molecule has 0 spiro atoms. The highest BCUT2D eigenvalue weighted by Crippen LogP contribution is 2.34. The summed E-state index contributed by atoms with van der Waals surface area (Å²) < 4.78 is 1.48. The number of nitrogens with one attached hydrogen (secondary N) is 2. The number of aromatic amines is 1. The van der Waals surface area contributed by atoms with E-state index in [0.29, 0.717) is 0 Å². The second-order valence-electron chi connectivity index (χ2n) is 3.74. The first-order chi connectivity index (χ1) is 8.16.